The van der Waals surface area contributed by atoms with Gasteiger partial charge >= 0.3 is 18.0 Å². The first-order valence-corrected chi connectivity index (χ1v) is 13.6. The molecule has 4 atom stereocenters. The predicted molar refractivity (Wildman–Crippen MR) is 127 cm³/mol. The van der Waals surface area contributed by atoms with Crippen molar-refractivity contribution in [2.75, 3.05) is 19.3 Å². The Bertz CT molecular complexity index is 1240. The summed E-state index contributed by atoms with van der Waals surface area (Å²) in [4.78, 5) is 65.0. The molecule has 36 heavy (non-hydrogen) atoms. The number of carbonyl (C=O) groups is 5. The van der Waals surface area contributed by atoms with Crippen LogP contribution in [0.25, 0.3) is 0 Å². The number of rotatable bonds is 6. The minimum Gasteiger partial charge on any atom is -0.480 e. The Morgan fingerprint density at radius 1 is 1.14 bits per heavy atom. The molecule has 15 heteroatoms. The number of sulfonamides is 1. The Morgan fingerprint density at radius 2 is 1.78 bits per heavy atom. The van der Waals surface area contributed by atoms with Crippen LogP contribution in [0.5, 0.6) is 0 Å². The number of urea groups is 2. The van der Waals surface area contributed by atoms with Gasteiger partial charge in [-0.25, -0.2) is 32.0 Å². The molecule has 194 valence electrons. The molecule has 3 saturated heterocycles. The summed E-state index contributed by atoms with van der Waals surface area (Å²) in [6.07, 6.45) is 0.850. The zero-order valence-electron chi connectivity index (χ0n) is 19.6. The van der Waals surface area contributed by atoms with Gasteiger partial charge in [-0.05, 0) is 19.4 Å². The topological polar surface area (TPSA) is 173 Å². The van der Waals surface area contributed by atoms with E-state index in [9.17, 15) is 37.5 Å². The Labute approximate surface area is 211 Å². The number of hydrogen-bond acceptors (Lipinski definition) is 8. The Morgan fingerprint density at radius 3 is 2.33 bits per heavy atom. The Kier molecular flexibility index (Phi) is 6.41. The lowest BCUT2D eigenvalue weighted by Crippen LogP contribution is -2.71. The number of nitrogens with one attached hydrogen (secondary N) is 2. The zero-order valence-corrected chi connectivity index (χ0v) is 21.2. The van der Waals surface area contributed by atoms with Crippen LogP contribution < -0.4 is 10.6 Å². The van der Waals surface area contributed by atoms with E-state index in [-0.39, 0.29) is 13.1 Å². The van der Waals surface area contributed by atoms with E-state index in [1.807, 2.05) is 0 Å². The second kappa shape index (κ2) is 8.96. The minimum absolute atomic E-state index is 0.193. The number of aliphatic carboxylic acids is 1. The van der Waals surface area contributed by atoms with Gasteiger partial charge in [-0.2, -0.15) is 0 Å². The molecule has 1 aromatic carbocycles. The van der Waals surface area contributed by atoms with Gasteiger partial charge in [0.1, 0.15) is 23.5 Å². The monoisotopic (exact) mass is 539 g/mol. The zero-order chi connectivity index (χ0) is 26.6. The van der Waals surface area contributed by atoms with Crippen molar-refractivity contribution in [3.05, 3.63) is 35.9 Å². The van der Waals surface area contributed by atoms with Crippen LogP contribution in [0, 0.1) is 0 Å². The number of benzene rings is 1. The molecule has 0 bridgehead atoms. The van der Waals surface area contributed by atoms with Gasteiger partial charge < -0.3 is 20.6 Å². The third-order valence-corrected chi connectivity index (χ3v) is 8.96. The molecule has 6 amide bonds. The number of thioether (sulfide) groups is 1. The highest BCUT2D eigenvalue weighted by molar-refractivity contribution is 8.01. The maximum absolute atomic E-state index is 13.3. The van der Waals surface area contributed by atoms with Crippen molar-refractivity contribution in [3.8, 4) is 0 Å². The number of β-lactam (4-membered cyclic amide) rings is 1. The van der Waals surface area contributed by atoms with E-state index in [4.69, 9.17) is 0 Å². The maximum atomic E-state index is 13.3. The number of imide groups is 1. The van der Waals surface area contributed by atoms with E-state index in [1.165, 1.54) is 16.7 Å². The van der Waals surface area contributed by atoms with Gasteiger partial charge in [-0.1, -0.05) is 30.3 Å². The second-order valence-corrected chi connectivity index (χ2v) is 12.8. The third-order valence-electron chi connectivity index (χ3n) is 6.25. The molecule has 0 radical (unpaired) electrons. The molecule has 0 aromatic heterocycles. The summed E-state index contributed by atoms with van der Waals surface area (Å²) in [5, 5.41) is 14.0. The van der Waals surface area contributed by atoms with Crippen molar-refractivity contribution in [2.45, 2.75) is 42.1 Å². The van der Waals surface area contributed by atoms with Crippen molar-refractivity contribution in [3.63, 3.8) is 0 Å². The maximum Gasteiger partial charge on any atom is 0.341 e. The predicted octanol–water partition coefficient (Wildman–Crippen LogP) is -0.234. The lowest BCUT2D eigenvalue weighted by molar-refractivity contribution is -0.161. The third kappa shape index (κ3) is 4.36. The standard InChI is InChI=1S/C21H25N5O8S2/c1-21(2)14(18(29)30)26-16(28)13(17(26)35-21)22-15(27)12(11-7-5-4-6-8-11)23-19(31)24-9-10-25(20(24)32)36(3,33)34/h4-8,12-14,17H,9-10H2,1-3H3,(H,22,27)(H,23,31)(H,29,30)/t12-,13?,14+,17-/m1/s1. The van der Waals surface area contributed by atoms with Gasteiger partial charge in [0.15, 0.2) is 0 Å². The first-order chi connectivity index (χ1) is 16.7. The number of carboxylic acid groups (broad SMARTS) is 1. The Balaban J connectivity index is 1.51. The van der Waals surface area contributed by atoms with Gasteiger partial charge in [-0.3, -0.25) is 9.59 Å². The van der Waals surface area contributed by atoms with E-state index in [1.54, 1.807) is 44.2 Å². The van der Waals surface area contributed by atoms with Crippen LogP contribution >= 0.6 is 11.8 Å². The average molecular weight is 540 g/mol. The van der Waals surface area contributed by atoms with Crippen LogP contribution in [-0.2, 0) is 24.4 Å². The summed E-state index contributed by atoms with van der Waals surface area (Å²) in [5.41, 5.74) is 0.362. The number of fused-ring (bicyclic) bond motifs is 1. The van der Waals surface area contributed by atoms with Crippen LogP contribution in [0.1, 0.15) is 25.5 Å². The summed E-state index contributed by atoms with van der Waals surface area (Å²) >= 11 is 1.26. The summed E-state index contributed by atoms with van der Waals surface area (Å²) in [6.45, 7) is 3.02. The van der Waals surface area contributed by atoms with E-state index >= 15 is 0 Å². The normalized spacial score (nSPS) is 25.8. The molecular weight excluding hydrogens is 514 g/mol. The van der Waals surface area contributed by atoms with E-state index in [2.05, 4.69) is 10.6 Å². The first kappa shape index (κ1) is 25.8. The van der Waals surface area contributed by atoms with Gasteiger partial charge in [0.2, 0.25) is 21.8 Å². The fourth-order valence-corrected chi connectivity index (χ4v) is 6.96. The molecule has 0 aliphatic carbocycles. The van der Waals surface area contributed by atoms with Crippen molar-refractivity contribution in [1.82, 2.24) is 24.7 Å². The van der Waals surface area contributed by atoms with Crippen LogP contribution in [0.3, 0.4) is 0 Å². The lowest BCUT2D eigenvalue weighted by atomic mass is 9.95. The van der Waals surface area contributed by atoms with E-state index in [0.29, 0.717) is 14.8 Å². The molecule has 3 aliphatic heterocycles. The average Bonchev–Trinajstić information content (AvgIpc) is 3.31. The number of amides is 6. The molecule has 0 spiro atoms. The summed E-state index contributed by atoms with van der Waals surface area (Å²) in [7, 11) is -3.87. The largest absolute Gasteiger partial charge is 0.480 e. The number of carbonyl (C=O) groups excluding carboxylic acids is 4. The summed E-state index contributed by atoms with van der Waals surface area (Å²) in [5.74, 6) is -2.42. The van der Waals surface area contributed by atoms with Crippen molar-refractivity contribution in [1.29, 1.82) is 0 Å². The molecule has 3 N–H and O–H groups in total. The van der Waals surface area contributed by atoms with Crippen molar-refractivity contribution >= 4 is 51.6 Å². The summed E-state index contributed by atoms with van der Waals surface area (Å²) < 4.78 is 23.3. The Hall–Kier alpha value is -3.33. The highest BCUT2D eigenvalue weighted by Gasteiger charge is 2.64. The smallest absolute Gasteiger partial charge is 0.341 e. The quantitative estimate of drug-likeness (QED) is 0.413. The van der Waals surface area contributed by atoms with Crippen LogP contribution in [0.15, 0.2) is 30.3 Å². The molecule has 0 saturated carbocycles. The highest BCUT2D eigenvalue weighted by atomic mass is 32.2. The van der Waals surface area contributed by atoms with E-state index in [0.717, 1.165) is 6.26 Å². The SMILES string of the molecule is CC1(C)S[C@@H]2C(NC(=O)[C@H](NC(=O)N3CCN(S(C)(=O)=O)C3=O)c3ccccc3)C(=O)N2[C@H]1C(=O)O. The van der Waals surface area contributed by atoms with Crippen LogP contribution in [-0.4, -0.2) is 99.0 Å². The highest BCUT2D eigenvalue weighted by Crippen LogP contribution is 2.50. The molecule has 3 aliphatic rings. The number of carboxylic acids is 1. The van der Waals surface area contributed by atoms with Crippen molar-refractivity contribution < 1.29 is 37.5 Å². The van der Waals surface area contributed by atoms with Gasteiger partial charge in [0.05, 0.1) is 19.3 Å². The molecule has 3 fully saturated rings. The molecule has 4 rings (SSSR count). The van der Waals surface area contributed by atoms with Crippen molar-refractivity contribution in [2.24, 2.45) is 0 Å². The molecule has 1 aromatic rings. The molecular formula is C21H25N5O8S2. The fourth-order valence-electron chi connectivity index (χ4n) is 4.54. The minimum atomic E-state index is -3.87. The lowest BCUT2D eigenvalue weighted by Gasteiger charge is -2.44. The number of nitrogens with zero attached hydrogens (tertiary/aromatic N) is 3. The molecule has 1 unspecified atom stereocenters. The van der Waals surface area contributed by atoms with Crippen LogP contribution in [0.4, 0.5) is 9.59 Å². The molecule has 3 heterocycles. The fraction of sp³-hybridized carbons (Fsp3) is 0.476. The van der Waals surface area contributed by atoms with Gasteiger partial charge in [0, 0.05) is 4.75 Å². The number of hydrogen-bond donors (Lipinski definition) is 3. The van der Waals surface area contributed by atoms with E-state index < -0.39 is 68.1 Å². The summed E-state index contributed by atoms with van der Waals surface area (Å²) in [6, 6.07) is 2.76. The first-order valence-electron chi connectivity index (χ1n) is 10.9. The molecule has 13 nitrogen and oxygen atoms in total. The second-order valence-electron chi connectivity index (χ2n) is 9.15. The van der Waals surface area contributed by atoms with Gasteiger partial charge in [0.25, 0.3) is 0 Å². The van der Waals surface area contributed by atoms with Crippen LogP contribution in [0.2, 0.25) is 0 Å². The van der Waals surface area contributed by atoms with Gasteiger partial charge in [-0.15, -0.1) is 11.8 Å².